The molecule has 2 aliphatic rings. The first-order valence-electron chi connectivity index (χ1n) is 11.2. The van der Waals surface area contributed by atoms with Gasteiger partial charge in [0.25, 0.3) is 0 Å². The minimum atomic E-state index is -0.0469. The van der Waals surface area contributed by atoms with Gasteiger partial charge in [0.05, 0.1) is 6.04 Å². The van der Waals surface area contributed by atoms with Gasteiger partial charge >= 0.3 is 0 Å². The summed E-state index contributed by atoms with van der Waals surface area (Å²) in [5.41, 5.74) is 10.1. The lowest BCUT2D eigenvalue weighted by molar-refractivity contribution is -0.129. The highest BCUT2D eigenvalue weighted by Crippen LogP contribution is 2.38. The van der Waals surface area contributed by atoms with Crippen LogP contribution >= 0.6 is 0 Å². The van der Waals surface area contributed by atoms with Crippen LogP contribution in [0.1, 0.15) is 53.4 Å². The highest BCUT2D eigenvalue weighted by atomic mass is 16.2. The van der Waals surface area contributed by atoms with E-state index < -0.39 is 0 Å². The van der Waals surface area contributed by atoms with Gasteiger partial charge in [0.1, 0.15) is 5.82 Å². The van der Waals surface area contributed by atoms with Gasteiger partial charge in [0.2, 0.25) is 5.91 Å². The Morgan fingerprint density at radius 3 is 2.83 bits per heavy atom. The first kappa shape index (κ1) is 23.4. The van der Waals surface area contributed by atoms with Crippen LogP contribution in [0, 0.1) is 23.7 Å². The van der Waals surface area contributed by atoms with E-state index in [-0.39, 0.29) is 17.9 Å². The average Bonchev–Trinajstić information content (AvgIpc) is 3.07. The molecule has 162 valence electrons. The van der Waals surface area contributed by atoms with Gasteiger partial charge in [-0.25, -0.2) is 5.43 Å². The van der Waals surface area contributed by atoms with Crippen LogP contribution in [0.4, 0.5) is 0 Å². The van der Waals surface area contributed by atoms with Crippen molar-refractivity contribution in [1.82, 2.24) is 15.8 Å². The van der Waals surface area contributed by atoms with Crippen LogP contribution in [-0.4, -0.2) is 30.0 Å². The summed E-state index contributed by atoms with van der Waals surface area (Å²) >= 11 is 0. The summed E-state index contributed by atoms with van der Waals surface area (Å²) < 4.78 is 0. The number of nitrogens with two attached hydrogens (primary N) is 1. The van der Waals surface area contributed by atoms with Gasteiger partial charge in [0, 0.05) is 19.0 Å². The molecule has 1 aliphatic carbocycles. The van der Waals surface area contributed by atoms with Crippen LogP contribution in [0.15, 0.2) is 48.4 Å². The quantitative estimate of drug-likeness (QED) is 0.514. The number of nitrogens with zero attached hydrogens (tertiary/aromatic N) is 1. The smallest absolute Gasteiger partial charge is 0.228 e. The summed E-state index contributed by atoms with van der Waals surface area (Å²) in [5, 5.41) is 5.15. The molecule has 0 aromatic carbocycles. The fourth-order valence-corrected chi connectivity index (χ4v) is 4.36. The molecule has 1 amide bonds. The van der Waals surface area contributed by atoms with Crippen molar-refractivity contribution >= 4 is 5.91 Å². The predicted molar refractivity (Wildman–Crippen MR) is 121 cm³/mol. The first-order valence-corrected chi connectivity index (χ1v) is 11.2. The van der Waals surface area contributed by atoms with Crippen LogP contribution in [0.2, 0.25) is 0 Å². The number of hydrogen-bond donors (Lipinski definition) is 3. The molecule has 0 radical (unpaired) electrons. The minimum absolute atomic E-state index is 0.0469. The highest BCUT2D eigenvalue weighted by Gasteiger charge is 2.36. The van der Waals surface area contributed by atoms with E-state index in [1.807, 2.05) is 29.3 Å². The molecule has 0 spiro atoms. The molecule has 2 rings (SSSR count). The Balaban J connectivity index is 2.10. The van der Waals surface area contributed by atoms with Gasteiger partial charge in [-0.2, -0.15) is 0 Å². The Morgan fingerprint density at radius 1 is 1.41 bits per heavy atom. The maximum Gasteiger partial charge on any atom is 0.228 e. The van der Waals surface area contributed by atoms with Crippen LogP contribution in [-0.2, 0) is 4.79 Å². The second kappa shape index (κ2) is 11.4. The molecule has 1 aliphatic heterocycles. The lowest BCUT2D eigenvalue weighted by Crippen LogP contribution is -2.46. The van der Waals surface area contributed by atoms with Crippen LogP contribution < -0.4 is 16.5 Å². The molecule has 0 bridgehead atoms. The zero-order chi connectivity index (χ0) is 21.4. The van der Waals surface area contributed by atoms with Gasteiger partial charge in [-0.15, -0.1) is 0 Å². The SMILES string of the molecule is C=C(/C=C\C=C/CC)C1C=C(NC(=O)C2CC(C)CC[C@H]2C(C)C)N(CCN)N1. The second-order valence-electron chi connectivity index (χ2n) is 8.79. The Hall–Kier alpha value is -1.85. The van der Waals surface area contributed by atoms with E-state index in [4.69, 9.17) is 5.73 Å². The number of hydrogen-bond acceptors (Lipinski definition) is 4. The number of amides is 1. The molecule has 5 nitrogen and oxygen atoms in total. The standard InChI is InChI=1S/C24H40N4O/c1-6-7-8-9-10-19(5)22-16-23(28(27-22)14-13-25)26-24(29)21-15-18(4)11-12-20(21)17(2)3/h7-10,16-18,20-22,27H,5-6,11-15,25H2,1-4H3,(H,26,29)/b8-7-,10-9-/t18?,20-,21?,22?/m0/s1. The van der Waals surface area contributed by atoms with Crippen molar-refractivity contribution in [3.05, 3.63) is 48.4 Å². The molecule has 5 heteroatoms. The molecular formula is C24H40N4O. The van der Waals surface area contributed by atoms with Gasteiger partial charge in [-0.1, -0.05) is 65.0 Å². The Morgan fingerprint density at radius 2 is 2.17 bits per heavy atom. The van der Waals surface area contributed by atoms with Gasteiger partial charge in [0.15, 0.2) is 0 Å². The van der Waals surface area contributed by atoms with Crippen molar-refractivity contribution in [3.63, 3.8) is 0 Å². The summed E-state index contributed by atoms with van der Waals surface area (Å²) in [6.45, 7) is 14.1. The van der Waals surface area contributed by atoms with E-state index in [2.05, 4.69) is 51.1 Å². The average molecular weight is 401 g/mol. The summed E-state index contributed by atoms with van der Waals surface area (Å²) in [6, 6.07) is -0.0469. The zero-order valence-corrected chi connectivity index (χ0v) is 18.7. The fourth-order valence-electron chi connectivity index (χ4n) is 4.36. The summed E-state index contributed by atoms with van der Waals surface area (Å²) in [4.78, 5) is 13.2. The van der Waals surface area contributed by atoms with Crippen LogP contribution in [0.3, 0.4) is 0 Å². The third kappa shape index (κ3) is 6.58. The van der Waals surface area contributed by atoms with Crippen LogP contribution in [0.25, 0.3) is 0 Å². The molecule has 0 aromatic heterocycles. The Kier molecular flexibility index (Phi) is 9.18. The maximum absolute atomic E-state index is 13.2. The fraction of sp³-hybridized carbons (Fsp3) is 0.625. The van der Waals surface area contributed by atoms with Gasteiger partial charge in [-0.3, -0.25) is 9.80 Å². The number of nitrogens with one attached hydrogen (secondary N) is 2. The number of hydrazine groups is 1. The topological polar surface area (TPSA) is 70.4 Å². The van der Waals surface area contributed by atoms with E-state index in [0.29, 0.717) is 30.8 Å². The normalized spacial score (nSPS) is 27.8. The van der Waals surface area contributed by atoms with Crippen molar-refractivity contribution in [1.29, 1.82) is 0 Å². The lowest BCUT2D eigenvalue weighted by Gasteiger charge is -2.36. The molecule has 3 unspecified atom stereocenters. The monoisotopic (exact) mass is 400 g/mol. The van der Waals surface area contributed by atoms with Crippen molar-refractivity contribution in [2.75, 3.05) is 13.1 Å². The van der Waals surface area contributed by atoms with Crippen molar-refractivity contribution < 1.29 is 4.79 Å². The molecule has 4 atom stereocenters. The summed E-state index contributed by atoms with van der Waals surface area (Å²) in [5.74, 6) is 2.57. The number of allylic oxidation sites excluding steroid dienone is 3. The number of rotatable bonds is 9. The zero-order valence-electron chi connectivity index (χ0n) is 18.7. The molecule has 1 heterocycles. The van der Waals surface area contributed by atoms with Crippen molar-refractivity contribution in [2.45, 2.75) is 59.4 Å². The molecule has 0 aromatic rings. The summed E-state index contributed by atoms with van der Waals surface area (Å²) in [7, 11) is 0. The number of carbonyl (C=O) groups is 1. The van der Waals surface area contributed by atoms with Gasteiger partial charge in [-0.05, 0) is 48.7 Å². The predicted octanol–water partition coefficient (Wildman–Crippen LogP) is 3.88. The van der Waals surface area contributed by atoms with E-state index in [9.17, 15) is 4.79 Å². The molecule has 0 saturated heterocycles. The molecule has 29 heavy (non-hydrogen) atoms. The Bertz CT molecular complexity index is 649. The molecule has 4 N–H and O–H groups in total. The number of carbonyl (C=O) groups excluding carboxylic acids is 1. The van der Waals surface area contributed by atoms with Crippen molar-refractivity contribution in [2.24, 2.45) is 29.4 Å². The molecule has 1 fully saturated rings. The van der Waals surface area contributed by atoms with E-state index in [1.54, 1.807) is 0 Å². The lowest BCUT2D eigenvalue weighted by atomic mass is 9.70. The van der Waals surface area contributed by atoms with Crippen LogP contribution in [0.5, 0.6) is 0 Å². The van der Waals surface area contributed by atoms with E-state index in [1.165, 1.54) is 6.42 Å². The Labute approximate surface area is 177 Å². The molecular weight excluding hydrogens is 360 g/mol. The van der Waals surface area contributed by atoms with Crippen molar-refractivity contribution in [3.8, 4) is 0 Å². The van der Waals surface area contributed by atoms with E-state index >= 15 is 0 Å². The second-order valence-corrected chi connectivity index (χ2v) is 8.79. The maximum atomic E-state index is 13.2. The molecule has 1 saturated carbocycles. The van der Waals surface area contributed by atoms with E-state index in [0.717, 1.165) is 30.7 Å². The third-order valence-corrected chi connectivity index (χ3v) is 6.07. The third-order valence-electron chi connectivity index (χ3n) is 6.07. The first-order chi connectivity index (χ1) is 13.9. The minimum Gasteiger partial charge on any atom is -0.329 e. The van der Waals surface area contributed by atoms with Gasteiger partial charge < -0.3 is 11.1 Å². The summed E-state index contributed by atoms with van der Waals surface area (Å²) in [6.07, 6.45) is 14.5. The highest BCUT2D eigenvalue weighted by molar-refractivity contribution is 5.80. The largest absolute Gasteiger partial charge is 0.329 e.